The number of carbonyl (C=O) groups is 1. The van der Waals surface area contributed by atoms with Crippen molar-refractivity contribution in [2.45, 2.75) is 46.1 Å². The largest absolute Gasteiger partial charge is 0.487 e. The molecule has 2 aromatic carbocycles. The maximum Gasteiger partial charge on any atom is 0.306 e. The van der Waals surface area contributed by atoms with E-state index in [1.54, 1.807) is 32.0 Å². The van der Waals surface area contributed by atoms with E-state index in [1.807, 2.05) is 12.1 Å². The summed E-state index contributed by atoms with van der Waals surface area (Å²) in [6, 6.07) is 10.3. The molecule has 0 fully saturated rings. The van der Waals surface area contributed by atoms with Crippen molar-refractivity contribution in [2.24, 2.45) is 0 Å². The molecule has 6 nitrogen and oxygen atoms in total. The van der Waals surface area contributed by atoms with Gasteiger partial charge in [0.05, 0.1) is 18.0 Å². The molecule has 2 aromatic rings. The molecule has 0 radical (unpaired) electrons. The van der Waals surface area contributed by atoms with Crippen molar-refractivity contribution in [1.82, 2.24) is 0 Å². The first-order chi connectivity index (χ1) is 14.9. The molecule has 0 unspecified atom stereocenters. The van der Waals surface area contributed by atoms with Crippen LogP contribution in [-0.2, 0) is 39.0 Å². The van der Waals surface area contributed by atoms with E-state index in [2.05, 4.69) is 0 Å². The third-order valence-electron chi connectivity index (χ3n) is 5.26. The number of rotatable bonds is 9. The Balaban J connectivity index is 1.74. The van der Waals surface area contributed by atoms with Crippen LogP contribution in [0.4, 0.5) is 10.1 Å². The van der Waals surface area contributed by atoms with Gasteiger partial charge >= 0.3 is 5.97 Å². The van der Waals surface area contributed by atoms with E-state index < -0.39 is 15.8 Å². The Morgan fingerprint density at radius 2 is 2.00 bits per heavy atom. The number of sulfonamides is 1. The summed E-state index contributed by atoms with van der Waals surface area (Å²) in [5.41, 5.74) is 2.58. The maximum absolute atomic E-state index is 14.5. The number of carbonyl (C=O) groups excluding carboxylic acids is 1. The number of anilines is 1. The van der Waals surface area contributed by atoms with Crippen molar-refractivity contribution in [1.29, 1.82) is 0 Å². The number of ether oxygens (including phenoxy) is 2. The molecule has 0 spiro atoms. The van der Waals surface area contributed by atoms with Gasteiger partial charge in [-0.2, -0.15) is 0 Å². The van der Waals surface area contributed by atoms with Crippen molar-refractivity contribution >= 4 is 21.7 Å². The summed E-state index contributed by atoms with van der Waals surface area (Å²) in [6.45, 7) is 4.18. The standard InChI is InChI=1S/C23H28FNO5S/c1-3-29-22(26)13-12-18-11-10-17(15-20(18)24)16-30-21-9-5-7-19-8-6-14-25(23(19)21)31(27,28)4-2/h5,7,9-11,15H,3-4,6,8,12-14,16H2,1-2H3. The molecule has 1 heterocycles. The summed E-state index contributed by atoms with van der Waals surface area (Å²) in [5, 5.41) is 0. The minimum atomic E-state index is -3.41. The summed E-state index contributed by atoms with van der Waals surface area (Å²) in [5.74, 6) is -0.273. The topological polar surface area (TPSA) is 72.9 Å². The molecular formula is C23H28FNO5S. The van der Waals surface area contributed by atoms with Crippen LogP contribution in [0.5, 0.6) is 5.75 Å². The van der Waals surface area contributed by atoms with Crippen molar-refractivity contribution in [3.63, 3.8) is 0 Å². The highest BCUT2D eigenvalue weighted by Gasteiger charge is 2.29. The van der Waals surface area contributed by atoms with Crippen LogP contribution in [-0.4, -0.2) is 33.3 Å². The highest BCUT2D eigenvalue weighted by molar-refractivity contribution is 7.92. The van der Waals surface area contributed by atoms with Crippen LogP contribution in [0.25, 0.3) is 0 Å². The highest BCUT2D eigenvalue weighted by atomic mass is 32.2. The van der Waals surface area contributed by atoms with E-state index in [4.69, 9.17) is 9.47 Å². The van der Waals surface area contributed by atoms with Crippen LogP contribution >= 0.6 is 0 Å². The molecule has 0 N–H and O–H groups in total. The van der Waals surface area contributed by atoms with E-state index in [9.17, 15) is 17.6 Å². The lowest BCUT2D eigenvalue weighted by atomic mass is 10.0. The fraction of sp³-hybridized carbons (Fsp3) is 0.435. The molecule has 0 saturated heterocycles. The average Bonchev–Trinajstić information content (AvgIpc) is 2.76. The molecule has 0 saturated carbocycles. The zero-order valence-corrected chi connectivity index (χ0v) is 18.7. The van der Waals surface area contributed by atoms with E-state index >= 15 is 0 Å². The Kier molecular flexibility index (Phi) is 7.54. The van der Waals surface area contributed by atoms with Crippen molar-refractivity contribution in [2.75, 3.05) is 23.2 Å². The quantitative estimate of drug-likeness (QED) is 0.541. The van der Waals surface area contributed by atoms with Crippen molar-refractivity contribution in [3.05, 3.63) is 58.9 Å². The Morgan fingerprint density at radius 1 is 1.19 bits per heavy atom. The number of hydrogen-bond donors (Lipinski definition) is 0. The molecule has 0 bridgehead atoms. The molecule has 0 amide bonds. The van der Waals surface area contributed by atoms with E-state index in [-0.39, 0.29) is 31.2 Å². The number of fused-ring (bicyclic) bond motifs is 1. The SMILES string of the molecule is CCOC(=O)CCc1ccc(COc2cccc3c2N(S(=O)(=O)CC)CCC3)cc1F. The van der Waals surface area contributed by atoms with Crippen LogP contribution < -0.4 is 9.04 Å². The Hall–Kier alpha value is -2.61. The molecule has 1 aliphatic rings. The van der Waals surface area contributed by atoms with Gasteiger partial charge in [-0.1, -0.05) is 24.3 Å². The second kappa shape index (κ2) is 10.1. The zero-order valence-electron chi connectivity index (χ0n) is 17.9. The van der Waals surface area contributed by atoms with Crippen molar-refractivity contribution in [3.8, 4) is 5.75 Å². The van der Waals surface area contributed by atoms with Crippen LogP contribution in [0.3, 0.4) is 0 Å². The smallest absolute Gasteiger partial charge is 0.306 e. The van der Waals surface area contributed by atoms with Crippen LogP contribution in [0, 0.1) is 5.82 Å². The minimum absolute atomic E-state index is 0.0131. The molecule has 3 rings (SSSR count). The third kappa shape index (κ3) is 5.55. The first-order valence-corrected chi connectivity index (χ1v) is 12.1. The molecule has 0 aromatic heterocycles. The lowest BCUT2D eigenvalue weighted by Crippen LogP contribution is -2.36. The number of para-hydroxylation sites is 1. The lowest BCUT2D eigenvalue weighted by molar-refractivity contribution is -0.143. The minimum Gasteiger partial charge on any atom is -0.487 e. The Morgan fingerprint density at radius 3 is 2.71 bits per heavy atom. The number of nitrogens with zero attached hydrogens (tertiary/aromatic N) is 1. The Labute approximate surface area is 183 Å². The van der Waals surface area contributed by atoms with Crippen molar-refractivity contribution < 1.29 is 27.1 Å². The number of esters is 1. The molecule has 1 aliphatic heterocycles. The van der Waals surface area contributed by atoms with Gasteiger partial charge in [0.15, 0.2) is 0 Å². The third-order valence-corrected chi connectivity index (χ3v) is 7.02. The zero-order chi connectivity index (χ0) is 22.4. The van der Waals surface area contributed by atoms with Gasteiger partial charge < -0.3 is 9.47 Å². The number of aryl methyl sites for hydroxylation is 2. The number of halogens is 1. The van der Waals surface area contributed by atoms with E-state index in [0.29, 0.717) is 35.7 Å². The number of hydrogen-bond acceptors (Lipinski definition) is 5. The van der Waals surface area contributed by atoms with Gasteiger partial charge in [-0.05, 0) is 61.9 Å². The normalized spacial score (nSPS) is 13.6. The fourth-order valence-corrected chi connectivity index (χ4v) is 4.85. The van der Waals surface area contributed by atoms with E-state index in [1.165, 1.54) is 10.4 Å². The number of benzene rings is 2. The predicted octanol–water partition coefficient (Wildman–Crippen LogP) is 4.00. The molecular weight excluding hydrogens is 421 g/mol. The first kappa shape index (κ1) is 23.1. The van der Waals surface area contributed by atoms with Gasteiger partial charge in [-0.25, -0.2) is 12.8 Å². The molecule has 8 heteroatoms. The molecule has 168 valence electrons. The fourth-order valence-electron chi connectivity index (χ4n) is 3.64. The summed E-state index contributed by atoms with van der Waals surface area (Å²) in [6.07, 6.45) is 1.93. The maximum atomic E-state index is 14.5. The van der Waals surface area contributed by atoms with Crippen LogP contribution in [0.15, 0.2) is 36.4 Å². The second-order valence-electron chi connectivity index (χ2n) is 7.36. The van der Waals surface area contributed by atoms with Gasteiger partial charge in [0.2, 0.25) is 10.0 Å². The summed E-state index contributed by atoms with van der Waals surface area (Å²) >= 11 is 0. The van der Waals surface area contributed by atoms with Gasteiger partial charge in [0.25, 0.3) is 0 Å². The lowest BCUT2D eigenvalue weighted by Gasteiger charge is -2.31. The van der Waals surface area contributed by atoms with Crippen LogP contribution in [0.2, 0.25) is 0 Å². The highest BCUT2D eigenvalue weighted by Crippen LogP contribution is 2.38. The van der Waals surface area contributed by atoms with Gasteiger partial charge in [-0.3, -0.25) is 9.10 Å². The molecule has 31 heavy (non-hydrogen) atoms. The predicted molar refractivity (Wildman–Crippen MR) is 117 cm³/mol. The second-order valence-corrected chi connectivity index (χ2v) is 9.54. The van der Waals surface area contributed by atoms with E-state index in [0.717, 1.165) is 18.4 Å². The average molecular weight is 450 g/mol. The van der Waals surface area contributed by atoms with Gasteiger partial charge in [-0.15, -0.1) is 0 Å². The van der Waals surface area contributed by atoms with Gasteiger partial charge in [0, 0.05) is 13.0 Å². The summed E-state index contributed by atoms with van der Waals surface area (Å²) in [7, 11) is -3.41. The monoisotopic (exact) mass is 449 g/mol. The summed E-state index contributed by atoms with van der Waals surface area (Å²) in [4.78, 5) is 11.5. The first-order valence-electron chi connectivity index (χ1n) is 10.5. The molecule has 0 aliphatic carbocycles. The molecule has 0 atom stereocenters. The van der Waals surface area contributed by atoms with Crippen LogP contribution in [0.1, 0.15) is 43.4 Å². The summed E-state index contributed by atoms with van der Waals surface area (Å²) < 4.78 is 51.8. The van der Waals surface area contributed by atoms with Gasteiger partial charge in [0.1, 0.15) is 18.2 Å². The Bertz CT molecular complexity index is 1040.